The van der Waals surface area contributed by atoms with Crippen molar-refractivity contribution < 1.29 is 23.5 Å². The molecule has 7 heteroatoms. The smallest absolute Gasteiger partial charge is 0.311 e. The number of amides is 2. The molecule has 2 amide bonds. The minimum Gasteiger partial charge on any atom is -0.464 e. The van der Waals surface area contributed by atoms with Gasteiger partial charge >= 0.3 is 5.97 Å². The van der Waals surface area contributed by atoms with E-state index in [1.807, 2.05) is 19.1 Å². The van der Waals surface area contributed by atoms with Crippen molar-refractivity contribution in [2.75, 3.05) is 5.32 Å². The Kier molecular flexibility index (Phi) is 6.44. The van der Waals surface area contributed by atoms with E-state index in [0.717, 1.165) is 22.1 Å². The molecule has 3 aromatic rings. The topological polar surface area (TPSA) is 112 Å². The third-order valence-corrected chi connectivity index (χ3v) is 5.11. The lowest BCUT2D eigenvalue weighted by Crippen LogP contribution is -2.30. The van der Waals surface area contributed by atoms with Crippen LogP contribution in [-0.2, 0) is 20.7 Å². The van der Waals surface area contributed by atoms with E-state index in [2.05, 4.69) is 19.2 Å². The summed E-state index contributed by atoms with van der Waals surface area (Å²) >= 11 is 0. The minimum atomic E-state index is -0.991. The number of hydrogen-bond acceptors (Lipinski definition) is 5. The summed E-state index contributed by atoms with van der Waals surface area (Å²) in [6, 6.07) is 10.1. The van der Waals surface area contributed by atoms with Crippen molar-refractivity contribution in [3.05, 3.63) is 64.9 Å². The van der Waals surface area contributed by atoms with Gasteiger partial charge in [0, 0.05) is 22.2 Å². The maximum absolute atomic E-state index is 12.4. The minimum absolute atomic E-state index is 0.00146. The second-order valence-electron chi connectivity index (χ2n) is 7.86. The number of anilines is 1. The largest absolute Gasteiger partial charge is 0.464 e. The fourth-order valence-corrected chi connectivity index (χ4v) is 3.41. The van der Waals surface area contributed by atoms with E-state index in [9.17, 15) is 14.4 Å². The van der Waals surface area contributed by atoms with Gasteiger partial charge in [0.15, 0.2) is 6.10 Å². The number of furan rings is 1. The lowest BCUT2D eigenvalue weighted by Gasteiger charge is -2.14. The molecular weight excluding hydrogens is 396 g/mol. The van der Waals surface area contributed by atoms with E-state index in [1.54, 1.807) is 18.4 Å². The van der Waals surface area contributed by atoms with Crippen LogP contribution in [0, 0.1) is 6.92 Å². The van der Waals surface area contributed by atoms with Crippen LogP contribution >= 0.6 is 0 Å². The van der Waals surface area contributed by atoms with E-state index < -0.39 is 23.9 Å². The fourth-order valence-electron chi connectivity index (χ4n) is 3.41. The number of carbonyl (C=O) groups is 3. The molecule has 0 fully saturated rings. The van der Waals surface area contributed by atoms with Crippen LogP contribution in [0.2, 0.25) is 0 Å². The molecule has 0 bridgehead atoms. The Labute approximate surface area is 180 Å². The molecule has 0 aliphatic carbocycles. The van der Waals surface area contributed by atoms with Gasteiger partial charge in [-0.05, 0) is 67.3 Å². The summed E-state index contributed by atoms with van der Waals surface area (Å²) in [6.45, 7) is 7.76. The van der Waals surface area contributed by atoms with Gasteiger partial charge in [-0.3, -0.25) is 14.4 Å². The summed E-state index contributed by atoms with van der Waals surface area (Å²) < 4.78 is 10.9. The number of fused-ring (bicyclic) bond motifs is 1. The highest BCUT2D eigenvalue weighted by molar-refractivity contribution is 5.97. The van der Waals surface area contributed by atoms with E-state index in [1.165, 1.54) is 24.6 Å². The highest BCUT2D eigenvalue weighted by atomic mass is 16.5. The quantitative estimate of drug-likeness (QED) is 0.557. The summed E-state index contributed by atoms with van der Waals surface area (Å²) in [4.78, 5) is 35.9. The molecule has 3 rings (SSSR count). The third-order valence-electron chi connectivity index (χ3n) is 5.11. The summed E-state index contributed by atoms with van der Waals surface area (Å²) in [7, 11) is 0. The van der Waals surface area contributed by atoms with Gasteiger partial charge in [0.25, 0.3) is 5.91 Å². The third kappa shape index (κ3) is 5.12. The molecule has 162 valence electrons. The van der Waals surface area contributed by atoms with Gasteiger partial charge in [0.05, 0.1) is 12.7 Å². The zero-order valence-corrected chi connectivity index (χ0v) is 18.0. The molecule has 1 atom stereocenters. The summed E-state index contributed by atoms with van der Waals surface area (Å²) in [6.07, 6.45) is 0.564. The van der Waals surface area contributed by atoms with E-state index in [0.29, 0.717) is 17.2 Å². The lowest BCUT2D eigenvalue weighted by molar-refractivity contribution is -0.152. The average molecular weight is 422 g/mol. The molecule has 0 saturated heterocycles. The first kappa shape index (κ1) is 22.1. The molecule has 31 heavy (non-hydrogen) atoms. The summed E-state index contributed by atoms with van der Waals surface area (Å²) in [5.74, 6) is -1.21. The molecule has 1 aromatic heterocycles. The Hall–Kier alpha value is -3.61. The van der Waals surface area contributed by atoms with Crippen LogP contribution in [0.25, 0.3) is 11.0 Å². The zero-order valence-electron chi connectivity index (χ0n) is 18.0. The Bertz CT molecular complexity index is 1130. The number of nitrogens with two attached hydrogens (primary N) is 1. The lowest BCUT2D eigenvalue weighted by atomic mass is 9.95. The number of carbonyl (C=O) groups excluding carboxylic acids is 3. The van der Waals surface area contributed by atoms with Crippen molar-refractivity contribution >= 4 is 34.4 Å². The number of benzene rings is 2. The number of hydrogen-bond donors (Lipinski definition) is 2. The van der Waals surface area contributed by atoms with Crippen LogP contribution in [0.4, 0.5) is 5.69 Å². The molecular formula is C24H26N2O5. The molecule has 0 radical (unpaired) electrons. The zero-order chi connectivity index (χ0) is 22.7. The highest BCUT2D eigenvalue weighted by Crippen LogP contribution is 2.29. The van der Waals surface area contributed by atoms with Crippen LogP contribution < -0.4 is 11.1 Å². The first-order valence-corrected chi connectivity index (χ1v) is 10.1. The second-order valence-corrected chi connectivity index (χ2v) is 7.86. The standard InChI is InChI=1S/C24H26N2O5/c1-13(2)19-11-20-17(12-30-21(20)9-14(19)3)10-22(27)31-15(4)24(29)26-18-7-5-16(6-8-18)23(25)28/h5-9,11-13,15H,10H2,1-4H3,(H2,25,28)(H,26,29). The Balaban J connectivity index is 1.64. The average Bonchev–Trinajstić information content (AvgIpc) is 3.08. The summed E-state index contributed by atoms with van der Waals surface area (Å²) in [5.41, 5.74) is 9.77. The van der Waals surface area contributed by atoms with Crippen molar-refractivity contribution in [3.63, 3.8) is 0 Å². The molecule has 0 saturated carbocycles. The van der Waals surface area contributed by atoms with Crippen molar-refractivity contribution in [1.82, 2.24) is 0 Å². The summed E-state index contributed by atoms with van der Waals surface area (Å²) in [5, 5.41) is 3.51. The Morgan fingerprint density at radius 1 is 1.10 bits per heavy atom. The van der Waals surface area contributed by atoms with Gasteiger partial charge in [-0.1, -0.05) is 13.8 Å². The SMILES string of the molecule is Cc1cc2occ(CC(=O)OC(C)C(=O)Nc3ccc(C(N)=O)cc3)c2cc1C(C)C. The molecule has 0 aliphatic heterocycles. The van der Waals surface area contributed by atoms with Crippen LogP contribution in [0.1, 0.15) is 53.7 Å². The number of aryl methyl sites for hydroxylation is 1. The second kappa shape index (κ2) is 9.04. The van der Waals surface area contributed by atoms with Gasteiger partial charge < -0.3 is 20.2 Å². The predicted molar refractivity (Wildman–Crippen MR) is 118 cm³/mol. The number of primary amides is 1. The highest BCUT2D eigenvalue weighted by Gasteiger charge is 2.20. The normalized spacial score (nSPS) is 12.0. The van der Waals surface area contributed by atoms with E-state index in [-0.39, 0.29) is 6.42 Å². The van der Waals surface area contributed by atoms with Crippen LogP contribution in [-0.4, -0.2) is 23.9 Å². The fraction of sp³-hybridized carbons (Fsp3) is 0.292. The molecule has 7 nitrogen and oxygen atoms in total. The van der Waals surface area contributed by atoms with Crippen molar-refractivity contribution in [2.45, 2.75) is 46.1 Å². The van der Waals surface area contributed by atoms with Gasteiger partial charge in [-0.2, -0.15) is 0 Å². The molecule has 0 aliphatic rings. The molecule has 0 spiro atoms. The maximum Gasteiger partial charge on any atom is 0.311 e. The first-order chi connectivity index (χ1) is 14.7. The molecule has 3 N–H and O–H groups in total. The first-order valence-electron chi connectivity index (χ1n) is 10.1. The molecule has 2 aromatic carbocycles. The molecule has 1 unspecified atom stereocenters. The van der Waals surface area contributed by atoms with Crippen LogP contribution in [0.5, 0.6) is 0 Å². The number of nitrogens with one attached hydrogen (secondary N) is 1. The van der Waals surface area contributed by atoms with Crippen molar-refractivity contribution in [3.8, 4) is 0 Å². The van der Waals surface area contributed by atoms with Crippen LogP contribution in [0.15, 0.2) is 47.1 Å². The number of rotatable bonds is 7. The Morgan fingerprint density at radius 2 is 1.77 bits per heavy atom. The number of ether oxygens (including phenoxy) is 1. The predicted octanol–water partition coefficient (Wildman–Crippen LogP) is 4.08. The molecule has 1 heterocycles. The number of esters is 1. The van der Waals surface area contributed by atoms with Gasteiger partial charge in [0.2, 0.25) is 5.91 Å². The van der Waals surface area contributed by atoms with Crippen molar-refractivity contribution in [2.24, 2.45) is 5.73 Å². The van der Waals surface area contributed by atoms with Gasteiger partial charge in [-0.15, -0.1) is 0 Å². The monoisotopic (exact) mass is 422 g/mol. The van der Waals surface area contributed by atoms with Crippen LogP contribution in [0.3, 0.4) is 0 Å². The Morgan fingerprint density at radius 3 is 2.39 bits per heavy atom. The van der Waals surface area contributed by atoms with Crippen molar-refractivity contribution in [1.29, 1.82) is 0 Å². The maximum atomic E-state index is 12.4. The van der Waals surface area contributed by atoms with E-state index >= 15 is 0 Å². The van der Waals surface area contributed by atoms with Gasteiger partial charge in [-0.25, -0.2) is 0 Å². The van der Waals surface area contributed by atoms with E-state index in [4.69, 9.17) is 14.9 Å². The van der Waals surface area contributed by atoms with Gasteiger partial charge in [0.1, 0.15) is 5.58 Å².